The van der Waals surface area contributed by atoms with Crippen LogP contribution in [0.2, 0.25) is 0 Å². The van der Waals surface area contributed by atoms with Crippen molar-refractivity contribution in [3.05, 3.63) is 26.9 Å². The van der Waals surface area contributed by atoms with Gasteiger partial charge in [-0.05, 0) is 40.6 Å². The normalized spacial score (nSPS) is 10.4. The van der Waals surface area contributed by atoms with Crippen LogP contribution in [0.25, 0.3) is 6.08 Å². The summed E-state index contributed by atoms with van der Waals surface area (Å²) in [6.45, 7) is 1.86. The van der Waals surface area contributed by atoms with Gasteiger partial charge in [0.05, 0.1) is 3.79 Å². The van der Waals surface area contributed by atoms with E-state index in [-0.39, 0.29) is 0 Å². The number of nitrogens with one attached hydrogen (secondary N) is 2. The number of rotatable bonds is 6. The molecule has 1 heterocycles. The van der Waals surface area contributed by atoms with E-state index >= 15 is 0 Å². The van der Waals surface area contributed by atoms with E-state index in [4.69, 9.17) is 4.74 Å². The van der Waals surface area contributed by atoms with Gasteiger partial charge in [-0.1, -0.05) is 6.92 Å². The number of carbonyl (C=O) groups excluding carboxylic acids is 3. The van der Waals surface area contributed by atoms with Crippen LogP contribution in [-0.4, -0.2) is 31.1 Å². The number of hydrogen-bond donors (Lipinski definition) is 2. The minimum absolute atomic E-state index is 0.470. The Morgan fingerprint density at radius 1 is 1.38 bits per heavy atom. The van der Waals surface area contributed by atoms with Gasteiger partial charge in [0.15, 0.2) is 6.61 Å². The molecule has 0 fully saturated rings. The quantitative estimate of drug-likeness (QED) is 0.590. The number of thiophene rings is 1. The van der Waals surface area contributed by atoms with Gasteiger partial charge in [0, 0.05) is 17.5 Å². The van der Waals surface area contributed by atoms with Crippen molar-refractivity contribution in [2.45, 2.75) is 13.3 Å². The SMILES string of the molecule is CCCNC(=O)NC(=O)COC(=O)/C=C/c1ccc(Br)s1. The Morgan fingerprint density at radius 2 is 2.14 bits per heavy atom. The fourth-order valence-corrected chi connectivity index (χ4v) is 2.52. The smallest absolute Gasteiger partial charge is 0.331 e. The molecular weight excluding hydrogens is 360 g/mol. The molecule has 0 radical (unpaired) electrons. The Balaban J connectivity index is 2.27. The van der Waals surface area contributed by atoms with Crippen LogP contribution < -0.4 is 10.6 Å². The second-order valence-electron chi connectivity index (χ2n) is 3.89. The van der Waals surface area contributed by atoms with Crippen LogP contribution in [0.4, 0.5) is 4.79 Å². The molecule has 2 N–H and O–H groups in total. The van der Waals surface area contributed by atoms with E-state index in [1.54, 1.807) is 6.08 Å². The summed E-state index contributed by atoms with van der Waals surface area (Å²) in [5.41, 5.74) is 0. The number of urea groups is 1. The highest BCUT2D eigenvalue weighted by molar-refractivity contribution is 9.11. The van der Waals surface area contributed by atoms with Crippen molar-refractivity contribution in [3.8, 4) is 0 Å². The van der Waals surface area contributed by atoms with Gasteiger partial charge >= 0.3 is 12.0 Å². The molecule has 0 saturated heterocycles. The zero-order valence-electron chi connectivity index (χ0n) is 11.3. The van der Waals surface area contributed by atoms with E-state index in [0.717, 1.165) is 15.1 Å². The van der Waals surface area contributed by atoms with Crippen LogP contribution in [0.3, 0.4) is 0 Å². The summed E-state index contributed by atoms with van der Waals surface area (Å²) in [5, 5.41) is 4.52. The standard InChI is InChI=1S/C13H15BrN2O4S/c1-2-7-15-13(19)16-11(17)8-20-12(18)6-4-9-3-5-10(14)21-9/h3-6H,2,7-8H2,1H3,(H2,15,16,17,19)/b6-4+. The summed E-state index contributed by atoms with van der Waals surface area (Å²) in [6.07, 6.45) is 3.58. The molecule has 0 aliphatic heterocycles. The number of amides is 3. The van der Waals surface area contributed by atoms with Crippen LogP contribution in [0, 0.1) is 0 Å². The van der Waals surface area contributed by atoms with Gasteiger partial charge in [0.2, 0.25) is 0 Å². The Kier molecular flexibility index (Phi) is 7.70. The molecule has 1 aromatic rings. The summed E-state index contributed by atoms with van der Waals surface area (Å²) in [5.74, 6) is -1.33. The monoisotopic (exact) mass is 374 g/mol. The number of carbonyl (C=O) groups is 3. The molecule has 6 nitrogen and oxygen atoms in total. The summed E-state index contributed by atoms with van der Waals surface area (Å²) < 4.78 is 5.66. The lowest BCUT2D eigenvalue weighted by molar-refractivity contribution is -0.143. The van der Waals surface area contributed by atoms with E-state index in [0.29, 0.717) is 6.54 Å². The molecule has 114 valence electrons. The predicted molar refractivity (Wildman–Crippen MR) is 83.8 cm³/mol. The lowest BCUT2D eigenvalue weighted by atomic mass is 10.4. The van der Waals surface area contributed by atoms with E-state index < -0.39 is 24.5 Å². The highest BCUT2D eigenvalue weighted by Crippen LogP contribution is 2.22. The molecule has 0 saturated carbocycles. The number of imide groups is 1. The third kappa shape index (κ3) is 7.62. The summed E-state index contributed by atoms with van der Waals surface area (Å²) >= 11 is 4.77. The maximum atomic E-state index is 11.4. The zero-order chi connectivity index (χ0) is 15.7. The maximum Gasteiger partial charge on any atom is 0.331 e. The van der Waals surface area contributed by atoms with Crippen LogP contribution in [0.5, 0.6) is 0 Å². The third-order valence-electron chi connectivity index (χ3n) is 2.11. The molecule has 0 atom stereocenters. The topological polar surface area (TPSA) is 84.5 Å². The zero-order valence-corrected chi connectivity index (χ0v) is 13.8. The number of ether oxygens (including phenoxy) is 1. The number of halogens is 1. The van der Waals surface area contributed by atoms with Crippen LogP contribution in [0.15, 0.2) is 22.0 Å². The Labute approximate surface area is 134 Å². The Morgan fingerprint density at radius 3 is 2.76 bits per heavy atom. The first kappa shape index (κ1) is 17.4. The molecule has 3 amide bonds. The maximum absolute atomic E-state index is 11.4. The first-order chi connectivity index (χ1) is 10.0. The highest BCUT2D eigenvalue weighted by atomic mass is 79.9. The number of esters is 1. The molecule has 0 aromatic carbocycles. The molecule has 0 aliphatic rings. The van der Waals surface area contributed by atoms with E-state index in [9.17, 15) is 14.4 Å². The first-order valence-electron chi connectivity index (χ1n) is 6.19. The van der Waals surface area contributed by atoms with Crippen LogP contribution in [-0.2, 0) is 14.3 Å². The van der Waals surface area contributed by atoms with Crippen molar-refractivity contribution in [1.29, 1.82) is 0 Å². The Bertz CT molecular complexity index is 542. The molecule has 0 bridgehead atoms. The second-order valence-corrected chi connectivity index (χ2v) is 6.38. The van der Waals surface area contributed by atoms with Crippen LogP contribution >= 0.6 is 27.3 Å². The molecule has 1 rings (SSSR count). The molecule has 0 spiro atoms. The fourth-order valence-electron chi connectivity index (χ4n) is 1.20. The fraction of sp³-hybridized carbons (Fsp3) is 0.308. The van der Waals surface area contributed by atoms with Gasteiger partial charge in [-0.25, -0.2) is 9.59 Å². The second kappa shape index (κ2) is 9.30. The van der Waals surface area contributed by atoms with E-state index in [1.165, 1.54) is 17.4 Å². The van der Waals surface area contributed by atoms with Gasteiger partial charge in [0.1, 0.15) is 0 Å². The first-order valence-corrected chi connectivity index (χ1v) is 7.80. The number of hydrogen-bond acceptors (Lipinski definition) is 5. The molecule has 0 aliphatic carbocycles. The molecular formula is C13H15BrN2O4S. The molecule has 8 heteroatoms. The lowest BCUT2D eigenvalue weighted by Crippen LogP contribution is -2.41. The van der Waals surface area contributed by atoms with Crippen molar-refractivity contribution >= 4 is 51.3 Å². The van der Waals surface area contributed by atoms with Gasteiger partial charge in [0.25, 0.3) is 5.91 Å². The largest absolute Gasteiger partial charge is 0.452 e. The van der Waals surface area contributed by atoms with Gasteiger partial charge in [-0.2, -0.15) is 0 Å². The molecule has 0 unspecified atom stereocenters. The lowest BCUT2D eigenvalue weighted by Gasteiger charge is -2.05. The summed E-state index contributed by atoms with van der Waals surface area (Å²) in [4.78, 5) is 34.8. The molecule has 1 aromatic heterocycles. The van der Waals surface area contributed by atoms with Crippen LogP contribution in [0.1, 0.15) is 18.2 Å². The average Bonchev–Trinajstić information content (AvgIpc) is 2.86. The van der Waals surface area contributed by atoms with Crippen molar-refractivity contribution in [1.82, 2.24) is 10.6 Å². The van der Waals surface area contributed by atoms with Gasteiger partial charge in [-0.3, -0.25) is 10.1 Å². The van der Waals surface area contributed by atoms with Crippen molar-refractivity contribution in [2.75, 3.05) is 13.2 Å². The van der Waals surface area contributed by atoms with Crippen molar-refractivity contribution < 1.29 is 19.1 Å². The van der Waals surface area contributed by atoms with Crippen molar-refractivity contribution in [3.63, 3.8) is 0 Å². The van der Waals surface area contributed by atoms with Gasteiger partial charge < -0.3 is 10.1 Å². The third-order valence-corrected chi connectivity index (χ3v) is 3.70. The highest BCUT2D eigenvalue weighted by Gasteiger charge is 2.08. The Hall–Kier alpha value is -1.67. The molecule has 21 heavy (non-hydrogen) atoms. The van der Waals surface area contributed by atoms with E-state index in [1.807, 2.05) is 19.1 Å². The minimum atomic E-state index is -0.677. The van der Waals surface area contributed by atoms with Crippen molar-refractivity contribution in [2.24, 2.45) is 0 Å². The van der Waals surface area contributed by atoms with Gasteiger partial charge in [-0.15, -0.1) is 11.3 Å². The van der Waals surface area contributed by atoms with E-state index in [2.05, 4.69) is 26.6 Å². The summed E-state index contributed by atoms with van der Waals surface area (Å²) in [6, 6.07) is 3.10. The summed E-state index contributed by atoms with van der Waals surface area (Å²) in [7, 11) is 0. The predicted octanol–water partition coefficient (Wildman–Crippen LogP) is 2.30. The minimum Gasteiger partial charge on any atom is -0.452 e. The average molecular weight is 375 g/mol.